The molecule has 0 radical (unpaired) electrons. The molecule has 0 saturated carbocycles. The normalized spacial score (nSPS) is 13.8. The maximum Gasteiger partial charge on any atom is 0.252 e. The Morgan fingerprint density at radius 2 is 2.00 bits per heavy atom. The molecule has 1 aromatic carbocycles. The summed E-state index contributed by atoms with van der Waals surface area (Å²) in [6, 6.07) is 11.5. The highest BCUT2D eigenvalue weighted by atomic mass is 16.2. The minimum absolute atomic E-state index is 0.117. The number of hydrogen-bond acceptors (Lipinski definition) is 4. The van der Waals surface area contributed by atoms with E-state index in [-0.39, 0.29) is 11.8 Å². The van der Waals surface area contributed by atoms with Crippen LogP contribution in [-0.2, 0) is 11.3 Å². The summed E-state index contributed by atoms with van der Waals surface area (Å²) in [6.45, 7) is 3.91. The number of anilines is 2. The number of rotatable bonds is 6. The van der Waals surface area contributed by atoms with Crippen LogP contribution in [0.1, 0.15) is 35.7 Å². The van der Waals surface area contributed by atoms with Crippen molar-refractivity contribution in [3.8, 4) is 0 Å². The molecule has 0 atom stereocenters. The Hall–Kier alpha value is -2.89. The summed E-state index contributed by atoms with van der Waals surface area (Å²) >= 11 is 0. The number of carbonyl (C=O) groups is 2. The summed E-state index contributed by atoms with van der Waals surface area (Å²) in [6.07, 6.45) is 3.14. The average molecular weight is 338 g/mol. The number of benzene rings is 1. The highest BCUT2D eigenvalue weighted by Crippen LogP contribution is 2.21. The van der Waals surface area contributed by atoms with E-state index in [0.717, 1.165) is 24.2 Å². The first-order valence-corrected chi connectivity index (χ1v) is 8.55. The monoisotopic (exact) mass is 338 g/mol. The van der Waals surface area contributed by atoms with Gasteiger partial charge in [-0.3, -0.25) is 9.59 Å². The summed E-state index contributed by atoms with van der Waals surface area (Å²) in [4.78, 5) is 29.6. The third-order valence-corrected chi connectivity index (χ3v) is 4.16. The third-order valence-electron chi connectivity index (χ3n) is 4.16. The van der Waals surface area contributed by atoms with Gasteiger partial charge in [-0.2, -0.15) is 0 Å². The topological polar surface area (TPSA) is 74.3 Å². The Morgan fingerprint density at radius 1 is 1.20 bits per heavy atom. The number of nitrogens with one attached hydrogen (secondary N) is 2. The van der Waals surface area contributed by atoms with Crippen LogP contribution < -0.4 is 15.5 Å². The van der Waals surface area contributed by atoms with Gasteiger partial charge in [0.05, 0.1) is 5.56 Å². The molecule has 0 aliphatic carbocycles. The van der Waals surface area contributed by atoms with Crippen molar-refractivity contribution in [3.63, 3.8) is 0 Å². The fraction of sp³-hybridized carbons (Fsp3) is 0.316. The second-order valence-corrected chi connectivity index (χ2v) is 5.96. The van der Waals surface area contributed by atoms with E-state index in [1.54, 1.807) is 18.3 Å². The fourth-order valence-corrected chi connectivity index (χ4v) is 2.80. The Bertz CT molecular complexity index is 741. The lowest BCUT2D eigenvalue weighted by atomic mass is 10.2. The summed E-state index contributed by atoms with van der Waals surface area (Å²) < 4.78 is 0. The van der Waals surface area contributed by atoms with Crippen molar-refractivity contribution in [3.05, 3.63) is 53.7 Å². The van der Waals surface area contributed by atoms with Gasteiger partial charge in [-0.05, 0) is 43.2 Å². The first kappa shape index (κ1) is 17.0. The summed E-state index contributed by atoms with van der Waals surface area (Å²) in [5, 5.41) is 5.98. The van der Waals surface area contributed by atoms with Gasteiger partial charge in [0.2, 0.25) is 5.91 Å². The maximum atomic E-state index is 11.8. The quantitative estimate of drug-likeness (QED) is 0.849. The van der Waals surface area contributed by atoms with E-state index >= 15 is 0 Å². The molecule has 1 fully saturated rings. The van der Waals surface area contributed by atoms with Gasteiger partial charge in [-0.15, -0.1) is 0 Å². The van der Waals surface area contributed by atoms with E-state index in [9.17, 15) is 9.59 Å². The lowest BCUT2D eigenvalue weighted by Gasteiger charge is -2.16. The van der Waals surface area contributed by atoms with E-state index in [0.29, 0.717) is 30.9 Å². The lowest BCUT2D eigenvalue weighted by Crippen LogP contribution is -2.23. The van der Waals surface area contributed by atoms with Crippen LogP contribution in [0.2, 0.25) is 0 Å². The van der Waals surface area contributed by atoms with E-state index < -0.39 is 0 Å². The van der Waals surface area contributed by atoms with Crippen molar-refractivity contribution in [1.82, 2.24) is 10.3 Å². The second kappa shape index (κ2) is 7.79. The molecule has 0 spiro atoms. The molecular formula is C19H22N4O2. The van der Waals surface area contributed by atoms with Crippen molar-refractivity contribution < 1.29 is 9.59 Å². The summed E-state index contributed by atoms with van der Waals surface area (Å²) in [5.41, 5.74) is 2.60. The molecule has 1 saturated heterocycles. The van der Waals surface area contributed by atoms with Crippen LogP contribution in [0.25, 0.3) is 0 Å². The first-order chi connectivity index (χ1) is 12.2. The number of carbonyl (C=O) groups excluding carboxylic acids is 2. The number of amides is 2. The zero-order valence-electron chi connectivity index (χ0n) is 14.3. The van der Waals surface area contributed by atoms with Crippen LogP contribution in [-0.4, -0.2) is 29.9 Å². The van der Waals surface area contributed by atoms with Crippen LogP contribution >= 0.6 is 0 Å². The molecule has 2 amide bonds. The number of aromatic nitrogens is 1. The van der Waals surface area contributed by atoms with Crippen molar-refractivity contribution in [1.29, 1.82) is 0 Å². The molecule has 6 nitrogen and oxygen atoms in total. The summed E-state index contributed by atoms with van der Waals surface area (Å²) in [7, 11) is 0. The van der Waals surface area contributed by atoms with E-state index in [1.165, 1.54) is 0 Å². The molecule has 2 N–H and O–H groups in total. The smallest absolute Gasteiger partial charge is 0.252 e. The fourth-order valence-electron chi connectivity index (χ4n) is 2.80. The molecule has 3 rings (SSSR count). The van der Waals surface area contributed by atoms with E-state index in [2.05, 4.69) is 15.6 Å². The molecule has 130 valence electrons. The first-order valence-electron chi connectivity index (χ1n) is 8.55. The molecule has 0 bridgehead atoms. The van der Waals surface area contributed by atoms with Gasteiger partial charge in [0.25, 0.3) is 5.91 Å². The predicted octanol–water partition coefficient (Wildman–Crippen LogP) is 2.57. The second-order valence-electron chi connectivity index (χ2n) is 5.96. The Kier molecular flexibility index (Phi) is 5.28. The zero-order valence-corrected chi connectivity index (χ0v) is 14.3. The minimum Gasteiger partial charge on any atom is -0.366 e. The van der Waals surface area contributed by atoms with Gasteiger partial charge in [0, 0.05) is 37.9 Å². The number of nitrogens with zero attached hydrogens (tertiary/aromatic N) is 2. The molecule has 0 unspecified atom stereocenters. The third kappa shape index (κ3) is 4.15. The average Bonchev–Trinajstić information content (AvgIpc) is 3.07. The molecule has 1 aliphatic heterocycles. The van der Waals surface area contributed by atoms with Gasteiger partial charge in [-0.25, -0.2) is 4.98 Å². The van der Waals surface area contributed by atoms with Crippen LogP contribution in [0.15, 0.2) is 42.6 Å². The molecule has 2 aromatic rings. The highest BCUT2D eigenvalue weighted by molar-refractivity contribution is 5.95. The molecule has 1 aromatic heterocycles. The SMILES string of the molecule is CCNC(=O)c1ccc(NCc2ccc(N3CCCC3=O)cc2)nc1. The molecular weight excluding hydrogens is 316 g/mol. The van der Waals surface area contributed by atoms with Gasteiger partial charge in [0.1, 0.15) is 5.82 Å². The zero-order chi connectivity index (χ0) is 17.6. The van der Waals surface area contributed by atoms with Crippen molar-refractivity contribution in [2.24, 2.45) is 0 Å². The van der Waals surface area contributed by atoms with Crippen LogP contribution in [0.5, 0.6) is 0 Å². The van der Waals surface area contributed by atoms with Crippen LogP contribution in [0.3, 0.4) is 0 Å². The van der Waals surface area contributed by atoms with Crippen molar-refractivity contribution in [2.45, 2.75) is 26.3 Å². The molecule has 25 heavy (non-hydrogen) atoms. The molecule has 2 heterocycles. The van der Waals surface area contributed by atoms with Gasteiger partial charge < -0.3 is 15.5 Å². The number of hydrogen-bond donors (Lipinski definition) is 2. The van der Waals surface area contributed by atoms with Crippen LogP contribution in [0, 0.1) is 0 Å². The lowest BCUT2D eigenvalue weighted by molar-refractivity contribution is -0.117. The minimum atomic E-state index is -0.117. The van der Waals surface area contributed by atoms with Crippen LogP contribution in [0.4, 0.5) is 11.5 Å². The Labute approximate surface area is 147 Å². The summed E-state index contributed by atoms with van der Waals surface area (Å²) in [5.74, 6) is 0.794. The van der Waals surface area contributed by atoms with Gasteiger partial charge in [0.15, 0.2) is 0 Å². The van der Waals surface area contributed by atoms with Crippen molar-refractivity contribution >= 4 is 23.3 Å². The van der Waals surface area contributed by atoms with Crippen molar-refractivity contribution in [2.75, 3.05) is 23.3 Å². The van der Waals surface area contributed by atoms with Gasteiger partial charge in [-0.1, -0.05) is 12.1 Å². The highest BCUT2D eigenvalue weighted by Gasteiger charge is 2.21. The largest absolute Gasteiger partial charge is 0.366 e. The Balaban J connectivity index is 1.56. The van der Waals surface area contributed by atoms with E-state index in [4.69, 9.17) is 0 Å². The maximum absolute atomic E-state index is 11.8. The van der Waals surface area contributed by atoms with E-state index in [1.807, 2.05) is 36.1 Å². The predicted molar refractivity (Wildman–Crippen MR) is 97.6 cm³/mol. The Morgan fingerprint density at radius 3 is 2.60 bits per heavy atom. The molecule has 1 aliphatic rings. The number of pyridine rings is 1. The van der Waals surface area contributed by atoms with Gasteiger partial charge >= 0.3 is 0 Å². The standard InChI is InChI=1S/C19H22N4O2/c1-2-20-19(25)15-7-10-17(22-13-15)21-12-14-5-8-16(9-6-14)23-11-3-4-18(23)24/h5-10,13H,2-4,11-12H2,1H3,(H,20,25)(H,21,22). The molecule has 6 heteroatoms.